The zero-order valence-corrected chi connectivity index (χ0v) is 19.3. The predicted octanol–water partition coefficient (Wildman–Crippen LogP) is 3.61. The van der Waals surface area contributed by atoms with Crippen LogP contribution in [0.4, 0.5) is 10.2 Å². The summed E-state index contributed by atoms with van der Waals surface area (Å²) in [7, 11) is 0. The molecule has 4 aromatic rings. The molecule has 2 aromatic heterocycles. The number of pyridine rings is 1. The van der Waals surface area contributed by atoms with Gasteiger partial charge in [-0.1, -0.05) is 36.4 Å². The molecule has 9 heteroatoms. The number of anilines is 1. The van der Waals surface area contributed by atoms with E-state index in [1.807, 2.05) is 19.1 Å². The smallest absolute Gasteiger partial charge is 0.254 e. The number of amides is 2. The molecule has 2 heterocycles. The van der Waals surface area contributed by atoms with Gasteiger partial charge in [0, 0.05) is 30.1 Å². The van der Waals surface area contributed by atoms with E-state index in [1.165, 1.54) is 12.1 Å². The minimum Gasteiger partial charge on any atom is -0.383 e. The number of nitrogens with two attached hydrogens (primary N) is 2. The van der Waals surface area contributed by atoms with Gasteiger partial charge in [0.1, 0.15) is 22.9 Å². The number of nitrogen functional groups attached to an aromatic ring is 1. The first-order chi connectivity index (χ1) is 16.8. The predicted molar refractivity (Wildman–Crippen MR) is 131 cm³/mol. The van der Waals surface area contributed by atoms with Crippen LogP contribution in [0.3, 0.4) is 0 Å². The van der Waals surface area contributed by atoms with Crippen LogP contribution in [0.1, 0.15) is 50.4 Å². The van der Waals surface area contributed by atoms with Crippen molar-refractivity contribution in [2.45, 2.75) is 26.4 Å². The zero-order chi connectivity index (χ0) is 25.1. The van der Waals surface area contributed by atoms with Crippen molar-refractivity contribution in [1.82, 2.24) is 20.1 Å². The molecule has 2 aromatic carbocycles. The normalized spacial score (nSPS) is 11.7. The molecule has 0 saturated carbocycles. The number of carbonyl (C=O) groups is 2. The molecule has 1 atom stereocenters. The molecule has 0 fully saturated rings. The van der Waals surface area contributed by atoms with E-state index in [9.17, 15) is 14.0 Å². The van der Waals surface area contributed by atoms with Gasteiger partial charge in [0.2, 0.25) is 0 Å². The van der Waals surface area contributed by atoms with Gasteiger partial charge in [-0.2, -0.15) is 5.10 Å². The SMILES string of the molecule is Cc1ccc(F)cc1C(=O)NCc1ccc(-c2nn(C(C)c3cccnc3)c(N)c2C(N)=O)cc1. The highest BCUT2D eigenvalue weighted by atomic mass is 19.1. The fraction of sp³-hybridized carbons (Fsp3) is 0.154. The lowest BCUT2D eigenvalue weighted by atomic mass is 10.0. The molecule has 0 radical (unpaired) electrons. The Kier molecular flexibility index (Phi) is 6.59. The van der Waals surface area contributed by atoms with Gasteiger partial charge in [0.15, 0.2) is 0 Å². The van der Waals surface area contributed by atoms with Crippen molar-refractivity contribution >= 4 is 17.6 Å². The second kappa shape index (κ2) is 9.76. The monoisotopic (exact) mass is 472 g/mol. The van der Waals surface area contributed by atoms with Crippen molar-refractivity contribution in [2.24, 2.45) is 5.73 Å². The minimum absolute atomic E-state index is 0.142. The summed E-state index contributed by atoms with van der Waals surface area (Å²) in [5.74, 6) is -1.33. The quantitative estimate of drug-likeness (QED) is 0.378. The lowest BCUT2D eigenvalue weighted by Gasteiger charge is -2.13. The van der Waals surface area contributed by atoms with Crippen molar-refractivity contribution in [2.75, 3.05) is 5.73 Å². The highest BCUT2D eigenvalue weighted by molar-refractivity contribution is 6.03. The first kappa shape index (κ1) is 23.6. The number of benzene rings is 2. The maximum atomic E-state index is 13.5. The molecule has 35 heavy (non-hydrogen) atoms. The number of nitrogens with zero attached hydrogens (tertiary/aromatic N) is 3. The zero-order valence-electron chi connectivity index (χ0n) is 19.3. The van der Waals surface area contributed by atoms with Crippen LogP contribution in [-0.2, 0) is 6.54 Å². The molecule has 1 unspecified atom stereocenters. The average molecular weight is 473 g/mol. The number of aromatic nitrogens is 3. The summed E-state index contributed by atoms with van der Waals surface area (Å²) < 4.78 is 15.1. The molecule has 0 bridgehead atoms. The Morgan fingerprint density at radius 2 is 1.89 bits per heavy atom. The van der Waals surface area contributed by atoms with Crippen LogP contribution in [0.2, 0.25) is 0 Å². The van der Waals surface area contributed by atoms with E-state index in [0.29, 0.717) is 16.8 Å². The third-order valence-corrected chi connectivity index (χ3v) is 5.85. The van der Waals surface area contributed by atoms with Gasteiger partial charge in [0.25, 0.3) is 11.8 Å². The van der Waals surface area contributed by atoms with E-state index in [1.54, 1.807) is 54.3 Å². The number of primary amides is 1. The van der Waals surface area contributed by atoms with E-state index in [0.717, 1.165) is 11.1 Å². The van der Waals surface area contributed by atoms with E-state index in [-0.39, 0.29) is 35.4 Å². The molecule has 0 aliphatic rings. The molecule has 2 amide bonds. The van der Waals surface area contributed by atoms with Crippen LogP contribution in [0, 0.1) is 12.7 Å². The first-order valence-electron chi connectivity index (χ1n) is 11.0. The van der Waals surface area contributed by atoms with Crippen molar-refractivity contribution < 1.29 is 14.0 Å². The van der Waals surface area contributed by atoms with Gasteiger partial charge >= 0.3 is 0 Å². The van der Waals surface area contributed by atoms with E-state index in [4.69, 9.17) is 11.5 Å². The second-order valence-corrected chi connectivity index (χ2v) is 8.22. The van der Waals surface area contributed by atoms with Crippen molar-refractivity contribution in [3.8, 4) is 11.3 Å². The van der Waals surface area contributed by atoms with Crippen molar-refractivity contribution in [1.29, 1.82) is 0 Å². The number of nitrogens with one attached hydrogen (secondary N) is 1. The summed E-state index contributed by atoms with van der Waals surface area (Å²) in [5, 5.41) is 7.39. The van der Waals surface area contributed by atoms with Gasteiger partial charge in [-0.3, -0.25) is 14.6 Å². The standard InChI is InChI=1S/C26H25FN6O2/c1-15-5-10-20(27)12-21(15)26(35)31-13-17-6-8-18(9-7-17)23-22(25(29)34)24(28)33(32-23)16(2)19-4-3-11-30-14-19/h3-12,14,16H,13,28H2,1-2H3,(H2,29,34)(H,31,35). The van der Waals surface area contributed by atoms with E-state index < -0.39 is 11.7 Å². The molecule has 0 spiro atoms. The number of carbonyl (C=O) groups excluding carboxylic acids is 2. The first-order valence-corrected chi connectivity index (χ1v) is 11.0. The largest absolute Gasteiger partial charge is 0.383 e. The molecule has 0 aliphatic heterocycles. The highest BCUT2D eigenvalue weighted by Crippen LogP contribution is 2.31. The van der Waals surface area contributed by atoms with Crippen LogP contribution in [0.5, 0.6) is 0 Å². The number of hydrogen-bond acceptors (Lipinski definition) is 5. The number of hydrogen-bond donors (Lipinski definition) is 3. The number of halogens is 1. The van der Waals surface area contributed by atoms with Crippen molar-refractivity contribution in [3.63, 3.8) is 0 Å². The topological polar surface area (TPSA) is 129 Å². The maximum Gasteiger partial charge on any atom is 0.254 e. The molecule has 0 saturated heterocycles. The third-order valence-electron chi connectivity index (χ3n) is 5.85. The van der Waals surface area contributed by atoms with Gasteiger partial charge in [0.05, 0.1) is 6.04 Å². The summed E-state index contributed by atoms with van der Waals surface area (Å²) in [6.07, 6.45) is 3.38. The summed E-state index contributed by atoms with van der Waals surface area (Å²) in [6, 6.07) is 14.7. The van der Waals surface area contributed by atoms with Gasteiger partial charge in [-0.05, 0) is 48.7 Å². The molecule has 4 rings (SSSR count). The fourth-order valence-corrected chi connectivity index (χ4v) is 3.85. The lowest BCUT2D eigenvalue weighted by molar-refractivity contribution is 0.0948. The van der Waals surface area contributed by atoms with E-state index >= 15 is 0 Å². The third kappa shape index (κ3) is 4.89. The van der Waals surface area contributed by atoms with Crippen molar-refractivity contribution in [3.05, 3.63) is 101 Å². The Morgan fingerprint density at radius 1 is 1.14 bits per heavy atom. The Labute approximate surface area is 201 Å². The second-order valence-electron chi connectivity index (χ2n) is 8.22. The Hall–Kier alpha value is -4.53. The Morgan fingerprint density at radius 3 is 2.54 bits per heavy atom. The average Bonchev–Trinajstić information content (AvgIpc) is 3.21. The minimum atomic E-state index is -0.677. The Bertz CT molecular complexity index is 1380. The molecular weight excluding hydrogens is 447 g/mol. The molecule has 0 aliphatic carbocycles. The summed E-state index contributed by atoms with van der Waals surface area (Å²) >= 11 is 0. The summed E-state index contributed by atoms with van der Waals surface area (Å²) in [5.41, 5.74) is 15.7. The molecule has 5 N–H and O–H groups in total. The molecule has 178 valence electrons. The van der Waals surface area contributed by atoms with Crippen LogP contribution < -0.4 is 16.8 Å². The number of rotatable bonds is 7. The van der Waals surface area contributed by atoms with Crippen LogP contribution in [-0.4, -0.2) is 26.6 Å². The maximum absolute atomic E-state index is 13.5. The van der Waals surface area contributed by atoms with E-state index in [2.05, 4.69) is 15.4 Å². The van der Waals surface area contributed by atoms with Gasteiger partial charge < -0.3 is 16.8 Å². The van der Waals surface area contributed by atoms with Crippen LogP contribution >= 0.6 is 0 Å². The molecular formula is C26H25FN6O2. The molecule has 8 nitrogen and oxygen atoms in total. The lowest BCUT2D eigenvalue weighted by Crippen LogP contribution is -2.23. The van der Waals surface area contributed by atoms with Gasteiger partial charge in [-0.15, -0.1) is 0 Å². The Balaban J connectivity index is 1.56. The summed E-state index contributed by atoms with van der Waals surface area (Å²) in [4.78, 5) is 28.8. The van der Waals surface area contributed by atoms with Crippen LogP contribution in [0.15, 0.2) is 67.0 Å². The number of aryl methyl sites for hydroxylation is 1. The fourth-order valence-electron chi connectivity index (χ4n) is 3.85. The highest BCUT2D eigenvalue weighted by Gasteiger charge is 2.24. The van der Waals surface area contributed by atoms with Gasteiger partial charge in [-0.25, -0.2) is 9.07 Å². The van der Waals surface area contributed by atoms with Crippen LogP contribution in [0.25, 0.3) is 11.3 Å². The summed E-state index contributed by atoms with van der Waals surface area (Å²) in [6.45, 7) is 3.90.